The van der Waals surface area contributed by atoms with Crippen molar-refractivity contribution in [1.82, 2.24) is 0 Å². The van der Waals surface area contributed by atoms with E-state index in [-0.39, 0.29) is 0 Å². The van der Waals surface area contributed by atoms with Crippen molar-refractivity contribution in [3.05, 3.63) is 30.3 Å². The fourth-order valence-electron chi connectivity index (χ4n) is 2.14. The smallest absolute Gasteiger partial charge is 0.0701 e. The minimum atomic E-state index is 0.559. The van der Waals surface area contributed by atoms with Gasteiger partial charge in [-0.3, -0.25) is 0 Å². The summed E-state index contributed by atoms with van der Waals surface area (Å²) in [7, 11) is 3.71. The largest absolute Gasteiger partial charge is 0.382 e. The van der Waals surface area contributed by atoms with E-state index in [1.54, 1.807) is 7.11 Å². The lowest BCUT2D eigenvalue weighted by atomic mass is 10.3. The predicted molar refractivity (Wildman–Crippen MR) is 106 cm³/mol. The van der Waals surface area contributed by atoms with Gasteiger partial charge in [-0.2, -0.15) is 0 Å². The van der Waals surface area contributed by atoms with Crippen LogP contribution in [0.4, 0.5) is 5.69 Å². The van der Waals surface area contributed by atoms with Crippen LogP contribution in [0.15, 0.2) is 30.3 Å². The normalized spacial score (nSPS) is 11.0. The summed E-state index contributed by atoms with van der Waals surface area (Å²) < 4.78 is 32.0. The van der Waals surface area contributed by atoms with Crippen molar-refractivity contribution < 1.29 is 28.4 Å². The molecular weight excluding hydrogens is 350 g/mol. The van der Waals surface area contributed by atoms with Gasteiger partial charge in [-0.1, -0.05) is 18.2 Å². The van der Waals surface area contributed by atoms with Crippen LogP contribution in [0, 0.1) is 0 Å². The number of methoxy groups -OCH3 is 1. The molecule has 0 heterocycles. The highest BCUT2D eigenvalue weighted by Crippen LogP contribution is 2.09. The van der Waals surface area contributed by atoms with Crippen LogP contribution in [0.3, 0.4) is 0 Å². The lowest BCUT2D eigenvalue weighted by molar-refractivity contribution is -0.0143. The number of benzene rings is 1. The monoisotopic (exact) mass is 385 g/mol. The molecule has 0 N–H and O–H groups in total. The lowest BCUT2D eigenvalue weighted by Crippen LogP contribution is -2.23. The second kappa shape index (κ2) is 18.2. The molecule has 1 aromatic rings. The van der Waals surface area contributed by atoms with E-state index in [2.05, 4.69) is 24.1 Å². The SMILES string of the molecule is COCCOCCOCCOCCOCCOCCN(C)c1ccccc1. The zero-order chi connectivity index (χ0) is 19.4. The summed E-state index contributed by atoms with van der Waals surface area (Å²) in [6.45, 7) is 7.30. The molecule has 0 aliphatic rings. The summed E-state index contributed by atoms with van der Waals surface area (Å²) >= 11 is 0. The molecule has 0 aliphatic carbocycles. The minimum Gasteiger partial charge on any atom is -0.382 e. The number of likely N-dealkylation sites (N-methyl/N-ethyl adjacent to an activating group) is 1. The molecule has 0 spiro atoms. The molecule has 27 heavy (non-hydrogen) atoms. The Morgan fingerprint density at radius 2 is 1.00 bits per heavy atom. The predicted octanol–water partition coefficient (Wildman–Crippen LogP) is 1.85. The van der Waals surface area contributed by atoms with Crippen LogP contribution in [-0.4, -0.2) is 93.4 Å². The van der Waals surface area contributed by atoms with Crippen molar-refractivity contribution >= 4 is 5.69 Å². The molecule has 0 radical (unpaired) electrons. The van der Waals surface area contributed by atoms with E-state index in [1.165, 1.54) is 5.69 Å². The van der Waals surface area contributed by atoms with Crippen LogP contribution in [0.1, 0.15) is 0 Å². The zero-order valence-corrected chi connectivity index (χ0v) is 16.8. The van der Waals surface area contributed by atoms with Gasteiger partial charge in [0.15, 0.2) is 0 Å². The van der Waals surface area contributed by atoms with Crippen LogP contribution in [0.5, 0.6) is 0 Å². The second-order valence-electron chi connectivity index (χ2n) is 5.81. The number of para-hydroxylation sites is 1. The maximum atomic E-state index is 5.59. The summed E-state index contributed by atoms with van der Waals surface area (Å²) in [5.41, 5.74) is 1.19. The Kier molecular flexibility index (Phi) is 16.0. The highest BCUT2D eigenvalue weighted by molar-refractivity contribution is 5.44. The Bertz CT molecular complexity index is 420. The van der Waals surface area contributed by atoms with Crippen molar-refractivity contribution in [1.29, 1.82) is 0 Å². The third-order valence-electron chi connectivity index (χ3n) is 3.69. The van der Waals surface area contributed by atoms with Crippen LogP contribution >= 0.6 is 0 Å². The van der Waals surface area contributed by atoms with Crippen molar-refractivity contribution in [3.8, 4) is 0 Å². The van der Waals surface area contributed by atoms with Crippen LogP contribution in [0.25, 0.3) is 0 Å². The van der Waals surface area contributed by atoms with E-state index in [9.17, 15) is 0 Å². The molecule has 0 aromatic heterocycles. The molecule has 156 valence electrons. The summed E-state index contributed by atoms with van der Waals surface area (Å²) in [4.78, 5) is 2.17. The fraction of sp³-hybridized carbons (Fsp3) is 0.700. The molecule has 0 atom stereocenters. The Hall–Kier alpha value is -1.22. The van der Waals surface area contributed by atoms with Gasteiger partial charge in [0.05, 0.1) is 72.7 Å². The standard InChI is InChI=1S/C20H35NO6/c1-21(20-6-4-3-5-7-20)8-9-23-12-13-25-16-17-27-19-18-26-15-14-24-11-10-22-2/h3-7H,8-19H2,1-2H3. The number of rotatable bonds is 19. The van der Waals surface area contributed by atoms with Crippen molar-refractivity contribution in [3.63, 3.8) is 0 Å². The fourth-order valence-corrected chi connectivity index (χ4v) is 2.14. The van der Waals surface area contributed by atoms with Gasteiger partial charge in [0.25, 0.3) is 0 Å². The van der Waals surface area contributed by atoms with E-state index in [4.69, 9.17) is 28.4 Å². The number of anilines is 1. The number of hydrogen-bond acceptors (Lipinski definition) is 7. The summed E-state index contributed by atoms with van der Waals surface area (Å²) in [5.74, 6) is 0. The molecule has 0 bridgehead atoms. The van der Waals surface area contributed by atoms with Gasteiger partial charge in [-0.05, 0) is 12.1 Å². The van der Waals surface area contributed by atoms with E-state index >= 15 is 0 Å². The van der Waals surface area contributed by atoms with E-state index < -0.39 is 0 Å². The van der Waals surface area contributed by atoms with Crippen molar-refractivity contribution in [2.24, 2.45) is 0 Å². The molecule has 0 aliphatic heterocycles. The topological polar surface area (TPSA) is 58.6 Å². The summed E-state index contributed by atoms with van der Waals surface area (Å²) in [6, 6.07) is 10.3. The molecule has 1 rings (SSSR count). The molecule has 0 amide bonds. The number of hydrogen-bond donors (Lipinski definition) is 0. The Balaban J connectivity index is 1.74. The average Bonchev–Trinajstić information content (AvgIpc) is 2.70. The van der Waals surface area contributed by atoms with Crippen LogP contribution in [-0.2, 0) is 28.4 Å². The van der Waals surface area contributed by atoms with E-state index in [0.29, 0.717) is 72.7 Å². The first-order valence-corrected chi connectivity index (χ1v) is 9.48. The van der Waals surface area contributed by atoms with Gasteiger partial charge in [0.1, 0.15) is 0 Å². The zero-order valence-electron chi connectivity index (χ0n) is 16.8. The van der Waals surface area contributed by atoms with Crippen molar-refractivity contribution in [2.75, 3.05) is 98.3 Å². The number of ether oxygens (including phenoxy) is 6. The number of nitrogens with zero attached hydrogens (tertiary/aromatic N) is 1. The van der Waals surface area contributed by atoms with E-state index in [1.807, 2.05) is 18.2 Å². The third-order valence-corrected chi connectivity index (χ3v) is 3.69. The average molecular weight is 386 g/mol. The van der Waals surface area contributed by atoms with E-state index in [0.717, 1.165) is 6.54 Å². The highest BCUT2D eigenvalue weighted by Gasteiger charge is 1.99. The molecular formula is C20H35NO6. The minimum absolute atomic E-state index is 0.559. The van der Waals surface area contributed by atoms with Gasteiger partial charge < -0.3 is 33.3 Å². The van der Waals surface area contributed by atoms with Gasteiger partial charge >= 0.3 is 0 Å². The maximum absolute atomic E-state index is 5.59. The maximum Gasteiger partial charge on any atom is 0.0701 e. The van der Waals surface area contributed by atoms with Gasteiger partial charge in [-0.15, -0.1) is 0 Å². The first kappa shape index (κ1) is 23.8. The molecule has 7 nitrogen and oxygen atoms in total. The molecule has 0 saturated heterocycles. The lowest BCUT2D eigenvalue weighted by Gasteiger charge is -2.19. The first-order valence-electron chi connectivity index (χ1n) is 9.48. The Labute approximate surface area is 163 Å². The third kappa shape index (κ3) is 14.5. The molecule has 0 unspecified atom stereocenters. The Morgan fingerprint density at radius 1 is 0.593 bits per heavy atom. The van der Waals surface area contributed by atoms with Gasteiger partial charge in [-0.25, -0.2) is 0 Å². The summed E-state index contributed by atoms with van der Waals surface area (Å²) in [6.07, 6.45) is 0. The highest BCUT2D eigenvalue weighted by atomic mass is 16.6. The molecule has 0 saturated carbocycles. The molecule has 0 fully saturated rings. The molecule has 7 heteroatoms. The van der Waals surface area contributed by atoms with Crippen LogP contribution in [0.2, 0.25) is 0 Å². The van der Waals surface area contributed by atoms with Gasteiger partial charge in [0, 0.05) is 26.4 Å². The van der Waals surface area contributed by atoms with Crippen LogP contribution < -0.4 is 4.90 Å². The molecule has 1 aromatic carbocycles. The summed E-state index contributed by atoms with van der Waals surface area (Å²) in [5, 5.41) is 0. The second-order valence-corrected chi connectivity index (χ2v) is 5.81. The van der Waals surface area contributed by atoms with Crippen molar-refractivity contribution in [2.45, 2.75) is 0 Å². The van der Waals surface area contributed by atoms with Gasteiger partial charge in [0.2, 0.25) is 0 Å². The quantitative estimate of drug-likeness (QED) is 0.337. The first-order chi connectivity index (χ1) is 13.3. The Morgan fingerprint density at radius 3 is 1.44 bits per heavy atom.